The maximum atomic E-state index is 5.73. The lowest BCUT2D eigenvalue weighted by Gasteiger charge is -2.01. The maximum absolute atomic E-state index is 5.73. The van der Waals surface area contributed by atoms with E-state index in [2.05, 4.69) is 17.6 Å². The molecule has 70 valence electrons. The van der Waals surface area contributed by atoms with Crippen molar-refractivity contribution in [1.29, 1.82) is 0 Å². The zero-order valence-corrected chi connectivity index (χ0v) is 8.17. The highest BCUT2D eigenvalue weighted by Crippen LogP contribution is 2.18. The van der Waals surface area contributed by atoms with E-state index in [9.17, 15) is 0 Å². The number of rotatable bonds is 3. The predicted octanol–water partition coefficient (Wildman–Crippen LogP) is 1.58. The van der Waals surface area contributed by atoms with Gasteiger partial charge < -0.3 is 11.5 Å². The van der Waals surface area contributed by atoms with E-state index in [0.717, 1.165) is 17.7 Å². The van der Waals surface area contributed by atoms with Gasteiger partial charge in [-0.3, -0.25) is 4.98 Å². The number of nitrogens with two attached hydrogens (primary N) is 2. The molecule has 1 heterocycles. The Bertz CT molecular complexity index is 310. The zero-order valence-electron chi connectivity index (χ0n) is 7.27. The molecule has 0 amide bonds. The molecular formula is C9H13N3S. The summed E-state index contributed by atoms with van der Waals surface area (Å²) in [6.07, 6.45) is 8.07. The van der Waals surface area contributed by atoms with Crippen LogP contribution in [0, 0.1) is 0 Å². The average molecular weight is 195 g/mol. The summed E-state index contributed by atoms with van der Waals surface area (Å²) < 4.78 is 0. The summed E-state index contributed by atoms with van der Waals surface area (Å²) in [7, 11) is 0. The van der Waals surface area contributed by atoms with Crippen molar-refractivity contribution in [3.05, 3.63) is 24.0 Å². The Balaban J connectivity index is 2.83. The van der Waals surface area contributed by atoms with E-state index >= 15 is 0 Å². The Morgan fingerprint density at radius 2 is 2.15 bits per heavy atom. The van der Waals surface area contributed by atoms with E-state index in [1.807, 2.05) is 12.2 Å². The lowest BCUT2D eigenvalue weighted by atomic mass is 10.2. The summed E-state index contributed by atoms with van der Waals surface area (Å²) in [5, 5.41) is 0. The first-order chi connectivity index (χ1) is 6.25. The molecule has 0 radical (unpaired) electrons. The molecule has 0 fully saturated rings. The van der Waals surface area contributed by atoms with Gasteiger partial charge in [-0.15, -0.1) is 0 Å². The van der Waals surface area contributed by atoms with Crippen LogP contribution in [0.3, 0.4) is 0 Å². The minimum atomic E-state index is 0.521. The van der Waals surface area contributed by atoms with Crippen molar-refractivity contribution in [2.45, 2.75) is 6.42 Å². The Kier molecular flexibility index (Phi) is 3.64. The highest BCUT2D eigenvalue weighted by atomic mass is 32.1. The Labute approximate surface area is 83.3 Å². The molecule has 0 aliphatic carbocycles. The first-order valence-corrected chi connectivity index (χ1v) is 4.65. The number of aromatic nitrogens is 1. The SMILES string of the molecule is Nc1cncc(C=CCCS)c1N. The molecular weight excluding hydrogens is 182 g/mol. The van der Waals surface area contributed by atoms with Crippen molar-refractivity contribution in [2.75, 3.05) is 17.2 Å². The molecule has 4 heteroatoms. The summed E-state index contributed by atoms with van der Waals surface area (Å²) >= 11 is 4.09. The number of allylic oxidation sites excluding steroid dienone is 1. The van der Waals surface area contributed by atoms with Gasteiger partial charge in [-0.1, -0.05) is 12.2 Å². The van der Waals surface area contributed by atoms with Gasteiger partial charge >= 0.3 is 0 Å². The van der Waals surface area contributed by atoms with Crippen molar-refractivity contribution < 1.29 is 0 Å². The quantitative estimate of drug-likeness (QED) is 0.641. The van der Waals surface area contributed by atoms with Gasteiger partial charge in [0.25, 0.3) is 0 Å². The topological polar surface area (TPSA) is 64.9 Å². The fourth-order valence-corrected chi connectivity index (χ4v) is 1.07. The molecule has 3 nitrogen and oxygen atoms in total. The Morgan fingerprint density at radius 3 is 2.85 bits per heavy atom. The van der Waals surface area contributed by atoms with Crippen molar-refractivity contribution in [2.24, 2.45) is 0 Å². The molecule has 0 saturated heterocycles. The largest absolute Gasteiger partial charge is 0.396 e. The van der Waals surface area contributed by atoms with Crippen LogP contribution in [-0.4, -0.2) is 10.7 Å². The molecule has 0 spiro atoms. The first-order valence-electron chi connectivity index (χ1n) is 4.02. The summed E-state index contributed by atoms with van der Waals surface area (Å²) in [4.78, 5) is 3.95. The van der Waals surface area contributed by atoms with E-state index in [1.54, 1.807) is 12.4 Å². The van der Waals surface area contributed by atoms with Crippen LogP contribution in [0.5, 0.6) is 0 Å². The van der Waals surface area contributed by atoms with Gasteiger partial charge in [-0.05, 0) is 12.2 Å². The van der Waals surface area contributed by atoms with Crippen LogP contribution in [0.15, 0.2) is 18.5 Å². The van der Waals surface area contributed by atoms with Crippen LogP contribution in [0.2, 0.25) is 0 Å². The van der Waals surface area contributed by atoms with Gasteiger partial charge in [-0.2, -0.15) is 12.6 Å². The Hall–Kier alpha value is -1.16. The summed E-state index contributed by atoms with van der Waals surface area (Å²) in [6, 6.07) is 0. The molecule has 0 aromatic carbocycles. The summed E-state index contributed by atoms with van der Waals surface area (Å²) in [6.45, 7) is 0. The zero-order chi connectivity index (χ0) is 9.68. The third-order valence-electron chi connectivity index (χ3n) is 1.64. The van der Waals surface area contributed by atoms with Gasteiger partial charge in [0.1, 0.15) is 0 Å². The number of pyridine rings is 1. The molecule has 1 aromatic heterocycles. The van der Waals surface area contributed by atoms with Crippen LogP contribution in [0.4, 0.5) is 11.4 Å². The fraction of sp³-hybridized carbons (Fsp3) is 0.222. The lowest BCUT2D eigenvalue weighted by molar-refractivity contribution is 1.26. The normalized spacial score (nSPS) is 10.8. The van der Waals surface area contributed by atoms with Crippen LogP contribution in [0.25, 0.3) is 6.08 Å². The highest BCUT2D eigenvalue weighted by molar-refractivity contribution is 7.80. The van der Waals surface area contributed by atoms with Crippen molar-refractivity contribution in [1.82, 2.24) is 4.98 Å². The molecule has 1 rings (SSSR count). The molecule has 1 aromatic rings. The first kappa shape index (κ1) is 9.92. The highest BCUT2D eigenvalue weighted by Gasteiger charge is 1.98. The molecule has 4 N–H and O–H groups in total. The minimum absolute atomic E-state index is 0.521. The van der Waals surface area contributed by atoms with Crippen molar-refractivity contribution in [3.8, 4) is 0 Å². The van der Waals surface area contributed by atoms with Gasteiger partial charge in [-0.25, -0.2) is 0 Å². The van der Waals surface area contributed by atoms with E-state index in [0.29, 0.717) is 11.4 Å². The summed E-state index contributed by atoms with van der Waals surface area (Å²) in [5.74, 6) is 0.826. The fourth-order valence-electron chi connectivity index (χ4n) is 0.921. The monoisotopic (exact) mass is 195 g/mol. The molecule has 0 saturated carbocycles. The maximum Gasteiger partial charge on any atom is 0.0740 e. The third-order valence-corrected chi connectivity index (χ3v) is 1.90. The predicted molar refractivity (Wildman–Crippen MR) is 60.6 cm³/mol. The van der Waals surface area contributed by atoms with Crippen LogP contribution in [0.1, 0.15) is 12.0 Å². The van der Waals surface area contributed by atoms with Crippen LogP contribution in [-0.2, 0) is 0 Å². The van der Waals surface area contributed by atoms with E-state index < -0.39 is 0 Å². The number of nitrogen functional groups attached to an aromatic ring is 2. The second-order valence-corrected chi connectivity index (χ2v) is 3.09. The van der Waals surface area contributed by atoms with Gasteiger partial charge in [0.2, 0.25) is 0 Å². The second kappa shape index (κ2) is 4.77. The van der Waals surface area contributed by atoms with Crippen LogP contribution < -0.4 is 11.5 Å². The average Bonchev–Trinajstić information content (AvgIpc) is 2.13. The number of nitrogens with zero attached hydrogens (tertiary/aromatic N) is 1. The van der Waals surface area contributed by atoms with Crippen LogP contribution >= 0.6 is 12.6 Å². The molecule has 0 atom stereocenters. The van der Waals surface area contributed by atoms with Gasteiger partial charge in [0.05, 0.1) is 17.6 Å². The molecule has 0 bridgehead atoms. The third kappa shape index (κ3) is 2.66. The lowest BCUT2D eigenvalue weighted by Crippen LogP contribution is -1.97. The molecule has 0 unspecified atom stereocenters. The molecule has 13 heavy (non-hydrogen) atoms. The number of hydrogen-bond donors (Lipinski definition) is 3. The standard InChI is InChI=1S/C9H13N3S/c10-8-6-12-5-7(9(8)11)3-1-2-4-13/h1,3,5-6,13H,2,4,10H2,(H2,11,12). The number of hydrogen-bond acceptors (Lipinski definition) is 4. The second-order valence-electron chi connectivity index (χ2n) is 2.65. The van der Waals surface area contributed by atoms with Crippen molar-refractivity contribution in [3.63, 3.8) is 0 Å². The van der Waals surface area contributed by atoms with E-state index in [1.165, 1.54) is 0 Å². The van der Waals surface area contributed by atoms with Crippen molar-refractivity contribution >= 4 is 30.1 Å². The number of thiol groups is 1. The van der Waals surface area contributed by atoms with E-state index in [4.69, 9.17) is 11.5 Å². The van der Waals surface area contributed by atoms with Gasteiger partial charge in [0, 0.05) is 11.8 Å². The molecule has 0 aliphatic rings. The van der Waals surface area contributed by atoms with E-state index in [-0.39, 0.29) is 0 Å². The minimum Gasteiger partial charge on any atom is -0.396 e. The molecule has 0 aliphatic heterocycles. The Morgan fingerprint density at radius 1 is 1.38 bits per heavy atom. The smallest absolute Gasteiger partial charge is 0.0740 e. The van der Waals surface area contributed by atoms with Gasteiger partial charge in [0.15, 0.2) is 0 Å². The summed E-state index contributed by atoms with van der Waals surface area (Å²) in [5.41, 5.74) is 13.3. The number of anilines is 2.